The molecule has 0 unspecified atom stereocenters. The number of rotatable bonds is 6. The Labute approximate surface area is 151 Å². The lowest BCUT2D eigenvalue weighted by molar-refractivity contribution is -0.0128. The molecule has 4 heteroatoms. The lowest BCUT2D eigenvalue weighted by Crippen LogP contribution is -2.67. The SMILES string of the molecule is CC(C)(CO[Si](c1ccccc1)(c1ccccc1)C(C)(C)C)C(F)F. The topological polar surface area (TPSA) is 9.23 Å². The summed E-state index contributed by atoms with van der Waals surface area (Å²) in [6.45, 7) is 9.60. The Morgan fingerprint density at radius 1 is 0.800 bits per heavy atom. The van der Waals surface area contributed by atoms with Crippen LogP contribution < -0.4 is 10.4 Å². The van der Waals surface area contributed by atoms with Gasteiger partial charge in [0, 0.05) is 12.0 Å². The molecule has 0 aromatic heterocycles. The second-order valence-electron chi connectivity index (χ2n) is 8.24. The summed E-state index contributed by atoms with van der Waals surface area (Å²) in [6, 6.07) is 20.2. The highest BCUT2D eigenvalue weighted by Crippen LogP contribution is 2.38. The molecule has 0 bridgehead atoms. The molecule has 2 aromatic carbocycles. The third-order valence-electron chi connectivity index (χ3n) is 4.67. The largest absolute Gasteiger partial charge is 0.407 e. The maximum atomic E-state index is 13.4. The van der Waals surface area contributed by atoms with E-state index in [1.54, 1.807) is 13.8 Å². The molecule has 0 atom stereocenters. The monoisotopic (exact) mass is 362 g/mol. The Balaban J connectivity index is 2.61. The summed E-state index contributed by atoms with van der Waals surface area (Å²) in [4.78, 5) is 0. The molecule has 2 aromatic rings. The number of benzene rings is 2. The second-order valence-corrected chi connectivity index (χ2v) is 12.5. The molecular formula is C21H28F2OSi. The fourth-order valence-corrected chi connectivity index (χ4v) is 7.86. The molecule has 0 amide bonds. The molecule has 25 heavy (non-hydrogen) atoms. The highest BCUT2D eigenvalue weighted by atomic mass is 28.4. The van der Waals surface area contributed by atoms with Crippen LogP contribution in [0.4, 0.5) is 8.78 Å². The maximum Gasteiger partial charge on any atom is 0.261 e. The smallest absolute Gasteiger partial charge is 0.261 e. The molecule has 0 saturated carbocycles. The molecule has 0 aliphatic heterocycles. The van der Waals surface area contributed by atoms with Crippen LogP contribution in [0.15, 0.2) is 60.7 Å². The highest BCUT2D eigenvalue weighted by Gasteiger charge is 2.51. The van der Waals surface area contributed by atoms with Crippen LogP contribution in [-0.2, 0) is 4.43 Å². The van der Waals surface area contributed by atoms with E-state index < -0.39 is 20.2 Å². The first kappa shape index (κ1) is 19.8. The van der Waals surface area contributed by atoms with Crippen LogP contribution >= 0.6 is 0 Å². The van der Waals surface area contributed by atoms with E-state index in [1.807, 2.05) is 36.4 Å². The van der Waals surface area contributed by atoms with Gasteiger partial charge < -0.3 is 4.43 Å². The minimum Gasteiger partial charge on any atom is -0.407 e. The van der Waals surface area contributed by atoms with E-state index in [2.05, 4.69) is 45.0 Å². The summed E-state index contributed by atoms with van der Waals surface area (Å²) >= 11 is 0. The highest BCUT2D eigenvalue weighted by molar-refractivity contribution is 6.99. The molecule has 0 saturated heterocycles. The Morgan fingerprint density at radius 3 is 1.52 bits per heavy atom. The predicted octanol–water partition coefficient (Wildman–Crippen LogP) is 4.85. The van der Waals surface area contributed by atoms with Crippen LogP contribution in [0.3, 0.4) is 0 Å². The van der Waals surface area contributed by atoms with Gasteiger partial charge in [0.2, 0.25) is 6.43 Å². The number of alkyl halides is 2. The van der Waals surface area contributed by atoms with Gasteiger partial charge in [0.05, 0.1) is 0 Å². The molecule has 0 fully saturated rings. The van der Waals surface area contributed by atoms with Gasteiger partial charge in [0.25, 0.3) is 8.32 Å². The maximum absolute atomic E-state index is 13.4. The molecular weight excluding hydrogens is 334 g/mol. The summed E-state index contributed by atoms with van der Waals surface area (Å²) in [6.07, 6.45) is -2.43. The molecule has 136 valence electrons. The fourth-order valence-electron chi connectivity index (χ4n) is 3.12. The quantitative estimate of drug-likeness (QED) is 0.667. The van der Waals surface area contributed by atoms with Crippen LogP contribution in [0.5, 0.6) is 0 Å². The van der Waals surface area contributed by atoms with Crippen LogP contribution in [0, 0.1) is 5.41 Å². The lowest BCUT2D eigenvalue weighted by Gasteiger charge is -2.44. The van der Waals surface area contributed by atoms with E-state index in [-0.39, 0.29) is 11.6 Å². The van der Waals surface area contributed by atoms with Crippen molar-refractivity contribution >= 4 is 18.7 Å². The van der Waals surface area contributed by atoms with Crippen molar-refractivity contribution in [3.8, 4) is 0 Å². The van der Waals surface area contributed by atoms with Gasteiger partial charge in [0.15, 0.2) is 0 Å². The predicted molar refractivity (Wildman–Crippen MR) is 103 cm³/mol. The van der Waals surface area contributed by atoms with Gasteiger partial charge in [-0.25, -0.2) is 8.78 Å². The van der Waals surface area contributed by atoms with Crippen LogP contribution in [-0.4, -0.2) is 21.3 Å². The molecule has 0 N–H and O–H groups in total. The van der Waals surface area contributed by atoms with E-state index in [0.29, 0.717) is 0 Å². The molecule has 0 heterocycles. The first-order valence-electron chi connectivity index (χ1n) is 8.64. The zero-order chi connectivity index (χ0) is 18.7. The van der Waals surface area contributed by atoms with Crippen LogP contribution in [0.25, 0.3) is 0 Å². The average Bonchev–Trinajstić information content (AvgIpc) is 2.56. The molecule has 1 nitrogen and oxygen atoms in total. The van der Waals surface area contributed by atoms with Gasteiger partial charge in [-0.3, -0.25) is 0 Å². The van der Waals surface area contributed by atoms with E-state index in [4.69, 9.17) is 4.43 Å². The third-order valence-corrected chi connectivity index (χ3v) is 9.65. The van der Waals surface area contributed by atoms with Gasteiger partial charge in [-0.05, 0) is 15.4 Å². The first-order valence-corrected chi connectivity index (χ1v) is 10.6. The minimum absolute atomic E-state index is 0.0257. The number of hydrogen-bond donors (Lipinski definition) is 0. The van der Waals surface area contributed by atoms with Crippen LogP contribution in [0.2, 0.25) is 5.04 Å². The van der Waals surface area contributed by atoms with Crippen molar-refractivity contribution in [2.75, 3.05) is 6.61 Å². The summed E-state index contributed by atoms with van der Waals surface area (Å²) in [5.74, 6) is 0. The van der Waals surface area contributed by atoms with Crippen molar-refractivity contribution in [1.82, 2.24) is 0 Å². The zero-order valence-electron chi connectivity index (χ0n) is 15.7. The second kappa shape index (κ2) is 7.38. The summed E-state index contributed by atoms with van der Waals surface area (Å²) in [5.41, 5.74) is -1.19. The van der Waals surface area contributed by atoms with Gasteiger partial charge in [0.1, 0.15) is 0 Å². The van der Waals surface area contributed by atoms with Crippen molar-refractivity contribution < 1.29 is 13.2 Å². The summed E-state index contributed by atoms with van der Waals surface area (Å²) in [7, 11) is -2.74. The Bertz CT molecular complexity index is 624. The van der Waals surface area contributed by atoms with Gasteiger partial charge in [-0.15, -0.1) is 0 Å². The first-order chi connectivity index (χ1) is 11.6. The Kier molecular flexibility index (Phi) is 5.85. The van der Waals surface area contributed by atoms with Crippen molar-refractivity contribution in [3.05, 3.63) is 60.7 Å². The molecule has 2 rings (SSSR count). The molecule has 0 aliphatic carbocycles. The van der Waals surface area contributed by atoms with Crippen molar-refractivity contribution in [3.63, 3.8) is 0 Å². The lowest BCUT2D eigenvalue weighted by atomic mass is 9.96. The van der Waals surface area contributed by atoms with Gasteiger partial charge in [-0.1, -0.05) is 95.3 Å². The average molecular weight is 363 g/mol. The van der Waals surface area contributed by atoms with Crippen molar-refractivity contribution in [1.29, 1.82) is 0 Å². The Hall–Kier alpha value is -1.52. The van der Waals surface area contributed by atoms with E-state index in [1.165, 1.54) is 0 Å². The molecule has 0 spiro atoms. The Morgan fingerprint density at radius 2 is 1.20 bits per heavy atom. The minimum atomic E-state index is -2.74. The number of hydrogen-bond acceptors (Lipinski definition) is 1. The molecule has 0 aliphatic rings. The summed E-state index contributed by atoms with van der Waals surface area (Å²) in [5, 5.41) is 2.02. The van der Waals surface area contributed by atoms with E-state index in [0.717, 1.165) is 10.4 Å². The van der Waals surface area contributed by atoms with Crippen molar-refractivity contribution in [2.45, 2.75) is 46.1 Å². The van der Waals surface area contributed by atoms with Gasteiger partial charge >= 0.3 is 0 Å². The van der Waals surface area contributed by atoms with E-state index in [9.17, 15) is 8.78 Å². The van der Waals surface area contributed by atoms with E-state index >= 15 is 0 Å². The van der Waals surface area contributed by atoms with Crippen LogP contribution in [0.1, 0.15) is 34.6 Å². The third kappa shape index (κ3) is 4.01. The summed E-state index contributed by atoms with van der Waals surface area (Å²) < 4.78 is 33.4. The normalized spacial score (nSPS) is 13.3. The zero-order valence-corrected chi connectivity index (χ0v) is 16.7. The van der Waals surface area contributed by atoms with Gasteiger partial charge in [-0.2, -0.15) is 0 Å². The van der Waals surface area contributed by atoms with Crippen molar-refractivity contribution in [2.24, 2.45) is 5.41 Å². The number of halogens is 2. The molecule has 0 radical (unpaired) electrons. The fraction of sp³-hybridized carbons (Fsp3) is 0.429. The standard InChI is InChI=1S/C21H28F2OSi/c1-20(2,3)25(17-12-8-6-9-13-17,18-14-10-7-11-15-18)24-16-21(4,5)19(22)23/h6-15,19H,16H2,1-5H3.